The molecule has 4 atom stereocenters. The van der Waals surface area contributed by atoms with E-state index in [0.29, 0.717) is 0 Å². The van der Waals surface area contributed by atoms with E-state index < -0.39 is 5.97 Å². The van der Waals surface area contributed by atoms with E-state index >= 15 is 0 Å². The van der Waals surface area contributed by atoms with Gasteiger partial charge in [0.15, 0.2) is 0 Å². The van der Waals surface area contributed by atoms with Crippen LogP contribution < -0.4 is 4.90 Å². The monoisotopic (exact) mass is 317 g/mol. The van der Waals surface area contributed by atoms with Gasteiger partial charge in [-0.1, -0.05) is 23.8 Å². The standard InChI is InChI=1S/C16H12ClNO4/c17-10-4-3-9(16(21)22)6-11(10)18-14(19)12-7-1-2-8(5-7)13(12)15(18)20/h1-4,6-8,12-13H,5H2,(H,21,22)/t7-,8+,12-,13-/m0/s1. The van der Waals surface area contributed by atoms with Crippen LogP contribution in [0.1, 0.15) is 16.8 Å². The van der Waals surface area contributed by atoms with Gasteiger partial charge in [0.1, 0.15) is 0 Å². The molecule has 1 saturated heterocycles. The number of halogens is 1. The van der Waals surface area contributed by atoms with Crippen molar-refractivity contribution in [3.8, 4) is 0 Å². The molecule has 1 aromatic carbocycles. The molecule has 0 spiro atoms. The van der Waals surface area contributed by atoms with Crippen LogP contribution >= 0.6 is 11.6 Å². The minimum Gasteiger partial charge on any atom is -0.478 e. The fraction of sp³-hybridized carbons (Fsp3) is 0.312. The van der Waals surface area contributed by atoms with E-state index in [1.165, 1.54) is 18.2 Å². The Kier molecular flexibility index (Phi) is 2.72. The highest BCUT2D eigenvalue weighted by molar-refractivity contribution is 6.36. The largest absolute Gasteiger partial charge is 0.478 e. The van der Waals surface area contributed by atoms with Gasteiger partial charge in [0.2, 0.25) is 11.8 Å². The molecule has 2 aliphatic carbocycles. The van der Waals surface area contributed by atoms with Crippen molar-refractivity contribution >= 4 is 35.1 Å². The highest BCUT2D eigenvalue weighted by Gasteiger charge is 2.59. The van der Waals surface area contributed by atoms with Crippen molar-refractivity contribution in [3.63, 3.8) is 0 Å². The molecule has 1 aromatic rings. The highest BCUT2D eigenvalue weighted by Crippen LogP contribution is 2.53. The van der Waals surface area contributed by atoms with Gasteiger partial charge in [-0.05, 0) is 36.5 Å². The molecular weight excluding hydrogens is 306 g/mol. The van der Waals surface area contributed by atoms with Crippen LogP contribution in [0.25, 0.3) is 0 Å². The van der Waals surface area contributed by atoms with Crippen LogP contribution in [0.5, 0.6) is 0 Å². The molecular formula is C16H12ClNO4. The fourth-order valence-corrected chi connectivity index (χ4v) is 4.16. The van der Waals surface area contributed by atoms with E-state index in [4.69, 9.17) is 16.7 Å². The predicted octanol–water partition coefficient (Wildman–Crippen LogP) is 2.35. The number of hydrogen-bond donors (Lipinski definition) is 1. The summed E-state index contributed by atoms with van der Waals surface area (Å²) in [6, 6.07) is 4.05. The summed E-state index contributed by atoms with van der Waals surface area (Å²) in [5, 5.41) is 9.29. The third-order valence-electron chi connectivity index (χ3n) is 4.90. The molecule has 2 fully saturated rings. The van der Waals surface area contributed by atoms with Crippen molar-refractivity contribution in [1.29, 1.82) is 0 Å². The Bertz CT molecular complexity index is 727. The number of allylic oxidation sites excluding steroid dienone is 2. The van der Waals surface area contributed by atoms with Gasteiger partial charge >= 0.3 is 5.97 Å². The number of rotatable bonds is 2. The molecule has 6 heteroatoms. The molecule has 1 N–H and O–H groups in total. The lowest BCUT2D eigenvalue weighted by molar-refractivity contribution is -0.123. The van der Waals surface area contributed by atoms with E-state index in [-0.39, 0.29) is 51.8 Å². The average molecular weight is 318 g/mol. The molecule has 112 valence electrons. The lowest BCUT2D eigenvalue weighted by Crippen LogP contribution is -2.33. The number of benzene rings is 1. The van der Waals surface area contributed by atoms with Crippen molar-refractivity contribution in [2.24, 2.45) is 23.7 Å². The van der Waals surface area contributed by atoms with Gasteiger partial charge in [-0.2, -0.15) is 0 Å². The molecule has 0 radical (unpaired) electrons. The van der Waals surface area contributed by atoms with Crippen LogP contribution in [0.15, 0.2) is 30.4 Å². The molecule has 0 unspecified atom stereocenters. The second-order valence-corrected chi connectivity index (χ2v) is 6.39. The van der Waals surface area contributed by atoms with Gasteiger partial charge in [0.05, 0.1) is 28.1 Å². The number of aromatic carboxylic acids is 1. The molecule has 4 rings (SSSR count). The third kappa shape index (κ3) is 1.63. The van der Waals surface area contributed by atoms with Gasteiger partial charge in [-0.15, -0.1) is 0 Å². The number of carboxylic acids is 1. The number of carbonyl (C=O) groups excluding carboxylic acids is 2. The Morgan fingerprint density at radius 2 is 1.73 bits per heavy atom. The van der Waals surface area contributed by atoms with E-state index in [1.807, 2.05) is 12.2 Å². The SMILES string of the molecule is O=C(O)c1ccc(Cl)c(N2C(=O)[C@@H]3[C@@H](C2=O)[C@H]2C=C[C@@H]3C2)c1. The maximum absolute atomic E-state index is 12.7. The van der Waals surface area contributed by atoms with E-state index in [1.54, 1.807) is 0 Å². The topological polar surface area (TPSA) is 74.7 Å². The van der Waals surface area contributed by atoms with E-state index in [2.05, 4.69) is 0 Å². The molecule has 0 aromatic heterocycles. The van der Waals surface area contributed by atoms with E-state index in [0.717, 1.165) is 11.3 Å². The summed E-state index contributed by atoms with van der Waals surface area (Å²) in [6.07, 6.45) is 4.87. The zero-order valence-corrected chi connectivity index (χ0v) is 12.2. The Balaban J connectivity index is 1.79. The Morgan fingerprint density at radius 1 is 1.14 bits per heavy atom. The molecule has 22 heavy (non-hydrogen) atoms. The van der Waals surface area contributed by atoms with Gasteiger partial charge in [0, 0.05) is 0 Å². The Morgan fingerprint density at radius 3 is 2.27 bits per heavy atom. The van der Waals surface area contributed by atoms with Crippen LogP contribution in [0.3, 0.4) is 0 Å². The van der Waals surface area contributed by atoms with Crippen molar-refractivity contribution in [1.82, 2.24) is 0 Å². The predicted molar refractivity (Wildman–Crippen MR) is 78.6 cm³/mol. The quantitative estimate of drug-likeness (QED) is 0.671. The summed E-state index contributed by atoms with van der Waals surface area (Å²) in [5.41, 5.74) is 0.170. The number of hydrogen-bond acceptors (Lipinski definition) is 3. The molecule has 2 amide bonds. The zero-order chi connectivity index (χ0) is 15.6. The minimum absolute atomic E-state index is 0.00171. The Labute approximate surface area is 131 Å². The van der Waals surface area contributed by atoms with E-state index in [9.17, 15) is 14.4 Å². The summed E-state index contributed by atoms with van der Waals surface area (Å²) < 4.78 is 0. The second-order valence-electron chi connectivity index (χ2n) is 5.98. The van der Waals surface area contributed by atoms with Crippen LogP contribution in [-0.2, 0) is 9.59 Å². The number of anilines is 1. The van der Waals surface area contributed by atoms with Crippen molar-refractivity contribution in [3.05, 3.63) is 40.9 Å². The molecule has 1 aliphatic heterocycles. The number of amides is 2. The molecule has 1 saturated carbocycles. The number of imide groups is 1. The minimum atomic E-state index is -1.13. The van der Waals surface area contributed by atoms with Crippen LogP contribution in [0, 0.1) is 23.7 Å². The fourth-order valence-electron chi connectivity index (χ4n) is 3.96. The summed E-state index contributed by atoms with van der Waals surface area (Å²) >= 11 is 6.10. The summed E-state index contributed by atoms with van der Waals surface area (Å²) in [7, 11) is 0. The first-order chi connectivity index (χ1) is 10.5. The number of carboxylic acid groups (broad SMARTS) is 1. The number of nitrogens with zero attached hydrogens (tertiary/aromatic N) is 1. The zero-order valence-electron chi connectivity index (χ0n) is 11.4. The second kappa shape index (κ2) is 4.43. The highest BCUT2D eigenvalue weighted by atomic mass is 35.5. The van der Waals surface area contributed by atoms with Crippen molar-refractivity contribution in [2.75, 3.05) is 4.90 Å². The van der Waals surface area contributed by atoms with Crippen molar-refractivity contribution in [2.45, 2.75) is 6.42 Å². The van der Waals surface area contributed by atoms with Gasteiger partial charge in [-0.25, -0.2) is 9.69 Å². The van der Waals surface area contributed by atoms with Gasteiger partial charge in [-0.3, -0.25) is 9.59 Å². The summed E-state index contributed by atoms with van der Waals surface area (Å²) in [6.45, 7) is 0. The smallest absolute Gasteiger partial charge is 0.335 e. The molecule has 2 bridgehead atoms. The van der Waals surface area contributed by atoms with Gasteiger partial charge in [0.25, 0.3) is 0 Å². The number of fused-ring (bicyclic) bond motifs is 5. The lowest BCUT2D eigenvalue weighted by Gasteiger charge is -2.19. The first kappa shape index (κ1) is 13.5. The molecule has 3 aliphatic rings. The third-order valence-corrected chi connectivity index (χ3v) is 5.22. The van der Waals surface area contributed by atoms with Crippen molar-refractivity contribution < 1.29 is 19.5 Å². The average Bonchev–Trinajstić information content (AvgIpc) is 3.14. The summed E-state index contributed by atoms with van der Waals surface area (Å²) in [5.74, 6) is -2.10. The van der Waals surface area contributed by atoms with Crippen LogP contribution in [0.4, 0.5) is 5.69 Å². The molecule has 5 nitrogen and oxygen atoms in total. The maximum Gasteiger partial charge on any atom is 0.335 e. The summed E-state index contributed by atoms with van der Waals surface area (Å²) in [4.78, 5) is 37.6. The molecule has 1 heterocycles. The first-order valence-electron chi connectivity index (χ1n) is 7.08. The normalized spacial score (nSPS) is 32.0. The lowest BCUT2D eigenvalue weighted by atomic mass is 9.85. The Hall–Kier alpha value is -2.14. The van der Waals surface area contributed by atoms with Crippen LogP contribution in [-0.4, -0.2) is 22.9 Å². The maximum atomic E-state index is 12.7. The van der Waals surface area contributed by atoms with Gasteiger partial charge < -0.3 is 5.11 Å². The van der Waals surface area contributed by atoms with Crippen LogP contribution in [0.2, 0.25) is 5.02 Å². The number of carbonyl (C=O) groups is 3. The first-order valence-corrected chi connectivity index (χ1v) is 7.46.